The largest absolute Gasteiger partial charge is 0.366 e. The molecule has 0 unspecified atom stereocenters. The highest BCUT2D eigenvalue weighted by Gasteiger charge is 2.17. The highest BCUT2D eigenvalue weighted by atomic mass is 79.9. The zero-order chi connectivity index (χ0) is 14.3. The van der Waals surface area contributed by atoms with Crippen molar-refractivity contribution in [2.24, 2.45) is 5.73 Å². The molecule has 0 aliphatic carbocycles. The predicted octanol–water partition coefficient (Wildman–Crippen LogP) is 1.26. The second-order valence-electron chi connectivity index (χ2n) is 4.07. The summed E-state index contributed by atoms with van der Waals surface area (Å²) < 4.78 is 1.68. The SMILES string of the molecule is NC(=O)c1cc2ccccc2nc1-n1nc(N)nc1Br. The number of amides is 1. The average molecular weight is 333 g/mol. The maximum Gasteiger partial charge on any atom is 0.252 e. The molecule has 0 spiro atoms. The van der Waals surface area contributed by atoms with Gasteiger partial charge in [-0.05, 0) is 28.1 Å². The number of primary amides is 1. The highest BCUT2D eigenvalue weighted by molar-refractivity contribution is 9.10. The summed E-state index contributed by atoms with van der Waals surface area (Å²) in [5, 5.41) is 4.81. The number of rotatable bonds is 2. The van der Waals surface area contributed by atoms with Crippen LogP contribution in [0.15, 0.2) is 35.1 Å². The van der Waals surface area contributed by atoms with E-state index in [9.17, 15) is 4.79 Å². The molecule has 0 fully saturated rings. The molecule has 0 aliphatic heterocycles. The van der Waals surface area contributed by atoms with Crippen molar-refractivity contribution >= 4 is 38.7 Å². The first-order valence-corrected chi connectivity index (χ1v) is 6.43. The number of carbonyl (C=O) groups is 1. The lowest BCUT2D eigenvalue weighted by Gasteiger charge is -2.08. The zero-order valence-corrected chi connectivity index (χ0v) is 11.7. The molecule has 0 aliphatic rings. The Bertz CT molecular complexity index is 828. The van der Waals surface area contributed by atoms with E-state index in [-0.39, 0.29) is 17.3 Å². The number of hydrogen-bond donors (Lipinski definition) is 2. The number of nitrogens with zero attached hydrogens (tertiary/aromatic N) is 4. The third-order valence-electron chi connectivity index (χ3n) is 2.75. The van der Waals surface area contributed by atoms with E-state index in [1.54, 1.807) is 6.07 Å². The number of benzene rings is 1. The van der Waals surface area contributed by atoms with Gasteiger partial charge in [-0.3, -0.25) is 4.79 Å². The summed E-state index contributed by atoms with van der Waals surface area (Å²) in [5.41, 5.74) is 11.9. The lowest BCUT2D eigenvalue weighted by Crippen LogP contribution is -2.17. The summed E-state index contributed by atoms with van der Waals surface area (Å²) in [7, 11) is 0. The van der Waals surface area contributed by atoms with Crippen molar-refractivity contribution in [1.82, 2.24) is 19.7 Å². The number of nitrogen functional groups attached to an aromatic ring is 1. The third-order valence-corrected chi connectivity index (χ3v) is 3.27. The van der Waals surface area contributed by atoms with Crippen LogP contribution in [0.2, 0.25) is 0 Å². The molecule has 0 bridgehead atoms. The normalized spacial score (nSPS) is 10.8. The third kappa shape index (κ3) is 1.99. The second kappa shape index (κ2) is 4.57. The molecular formula is C12H9BrN6O. The summed E-state index contributed by atoms with van der Waals surface area (Å²) in [6.07, 6.45) is 0. The summed E-state index contributed by atoms with van der Waals surface area (Å²) in [6.45, 7) is 0. The Labute approximate surface area is 121 Å². The van der Waals surface area contributed by atoms with Crippen LogP contribution in [-0.4, -0.2) is 25.7 Å². The topological polar surface area (TPSA) is 113 Å². The van der Waals surface area contributed by atoms with Gasteiger partial charge in [-0.25, -0.2) is 4.98 Å². The van der Waals surface area contributed by atoms with Crippen molar-refractivity contribution in [2.45, 2.75) is 0 Å². The number of aromatic nitrogens is 4. The smallest absolute Gasteiger partial charge is 0.252 e. The Morgan fingerprint density at radius 3 is 2.65 bits per heavy atom. The fourth-order valence-electron chi connectivity index (χ4n) is 1.89. The van der Waals surface area contributed by atoms with Crippen LogP contribution in [0.1, 0.15) is 10.4 Å². The number of halogens is 1. The van der Waals surface area contributed by atoms with E-state index < -0.39 is 5.91 Å². The van der Waals surface area contributed by atoms with E-state index >= 15 is 0 Å². The summed E-state index contributed by atoms with van der Waals surface area (Å²) in [4.78, 5) is 20.0. The van der Waals surface area contributed by atoms with E-state index in [1.807, 2.05) is 24.3 Å². The Morgan fingerprint density at radius 1 is 1.25 bits per heavy atom. The molecule has 3 aromatic rings. The van der Waals surface area contributed by atoms with Crippen molar-refractivity contribution in [3.8, 4) is 5.82 Å². The van der Waals surface area contributed by atoms with Crippen LogP contribution in [0.25, 0.3) is 16.7 Å². The molecule has 0 saturated heterocycles. The quantitative estimate of drug-likeness (QED) is 0.733. The van der Waals surface area contributed by atoms with Gasteiger partial charge in [0.05, 0.1) is 11.1 Å². The number of pyridine rings is 1. The molecule has 8 heteroatoms. The predicted molar refractivity (Wildman–Crippen MR) is 77.3 cm³/mol. The van der Waals surface area contributed by atoms with Gasteiger partial charge in [0.1, 0.15) is 0 Å². The van der Waals surface area contributed by atoms with E-state index in [0.29, 0.717) is 10.3 Å². The Morgan fingerprint density at radius 2 is 2.00 bits per heavy atom. The van der Waals surface area contributed by atoms with Crippen LogP contribution in [0.5, 0.6) is 0 Å². The van der Waals surface area contributed by atoms with Gasteiger partial charge in [0.25, 0.3) is 5.91 Å². The molecular weight excluding hydrogens is 324 g/mol. The van der Waals surface area contributed by atoms with Gasteiger partial charge in [-0.2, -0.15) is 9.67 Å². The number of anilines is 1. The highest BCUT2D eigenvalue weighted by Crippen LogP contribution is 2.22. The lowest BCUT2D eigenvalue weighted by molar-refractivity contribution is 0.1000. The molecule has 100 valence electrons. The van der Waals surface area contributed by atoms with Gasteiger partial charge in [-0.1, -0.05) is 18.2 Å². The monoisotopic (exact) mass is 332 g/mol. The zero-order valence-electron chi connectivity index (χ0n) is 10.1. The van der Waals surface area contributed by atoms with Crippen molar-refractivity contribution in [2.75, 3.05) is 5.73 Å². The molecule has 7 nitrogen and oxygen atoms in total. The molecule has 2 aromatic heterocycles. The van der Waals surface area contributed by atoms with Crippen LogP contribution in [0.4, 0.5) is 5.95 Å². The van der Waals surface area contributed by atoms with Gasteiger partial charge in [-0.15, -0.1) is 5.10 Å². The van der Waals surface area contributed by atoms with Crippen molar-refractivity contribution in [1.29, 1.82) is 0 Å². The minimum absolute atomic E-state index is 0.0715. The van der Waals surface area contributed by atoms with E-state index in [0.717, 1.165) is 5.39 Å². The fraction of sp³-hybridized carbons (Fsp3) is 0. The maximum atomic E-state index is 11.6. The molecule has 0 atom stereocenters. The summed E-state index contributed by atoms with van der Waals surface area (Å²) in [6, 6.07) is 9.07. The average Bonchev–Trinajstić information content (AvgIpc) is 2.76. The number of hydrogen-bond acceptors (Lipinski definition) is 5. The van der Waals surface area contributed by atoms with Crippen molar-refractivity contribution < 1.29 is 4.79 Å². The Kier molecular flexibility index (Phi) is 2.87. The first kappa shape index (κ1) is 12.5. The van der Waals surface area contributed by atoms with Crippen LogP contribution in [0, 0.1) is 0 Å². The number of para-hydroxylation sites is 1. The second-order valence-corrected chi connectivity index (χ2v) is 4.78. The standard InChI is InChI=1S/C12H9BrN6O/c13-11-17-12(15)18-19(11)10-7(9(14)20)5-6-3-1-2-4-8(6)16-10/h1-5H,(H2,14,20)(H2,15,18). The lowest BCUT2D eigenvalue weighted by atomic mass is 10.1. The number of fused-ring (bicyclic) bond motifs is 1. The van der Waals surface area contributed by atoms with Crippen LogP contribution < -0.4 is 11.5 Å². The fourth-order valence-corrected chi connectivity index (χ4v) is 2.32. The number of nitrogens with two attached hydrogens (primary N) is 2. The summed E-state index contributed by atoms with van der Waals surface area (Å²) >= 11 is 3.22. The molecule has 2 heterocycles. The Balaban J connectivity index is 2.35. The molecule has 3 rings (SSSR count). The van der Waals surface area contributed by atoms with Gasteiger partial charge >= 0.3 is 0 Å². The first-order chi connectivity index (χ1) is 9.56. The van der Waals surface area contributed by atoms with Crippen LogP contribution >= 0.6 is 15.9 Å². The van der Waals surface area contributed by atoms with E-state index in [4.69, 9.17) is 11.5 Å². The van der Waals surface area contributed by atoms with E-state index in [2.05, 4.69) is 31.0 Å². The van der Waals surface area contributed by atoms with Gasteiger partial charge in [0.2, 0.25) is 10.7 Å². The van der Waals surface area contributed by atoms with Gasteiger partial charge in [0, 0.05) is 5.39 Å². The maximum absolute atomic E-state index is 11.6. The van der Waals surface area contributed by atoms with Crippen molar-refractivity contribution in [3.05, 3.63) is 40.6 Å². The minimum Gasteiger partial charge on any atom is -0.366 e. The van der Waals surface area contributed by atoms with Gasteiger partial charge < -0.3 is 11.5 Å². The Hall–Kier alpha value is -2.48. The minimum atomic E-state index is -0.598. The first-order valence-electron chi connectivity index (χ1n) is 5.64. The molecule has 0 radical (unpaired) electrons. The van der Waals surface area contributed by atoms with Gasteiger partial charge in [0.15, 0.2) is 5.82 Å². The van der Waals surface area contributed by atoms with E-state index in [1.165, 1.54) is 4.68 Å². The van der Waals surface area contributed by atoms with Crippen LogP contribution in [-0.2, 0) is 0 Å². The molecule has 0 saturated carbocycles. The molecule has 4 N–H and O–H groups in total. The van der Waals surface area contributed by atoms with Crippen LogP contribution in [0.3, 0.4) is 0 Å². The molecule has 1 amide bonds. The summed E-state index contributed by atoms with van der Waals surface area (Å²) in [5.74, 6) is -0.242. The molecule has 1 aromatic carbocycles. The number of carbonyl (C=O) groups excluding carboxylic acids is 1. The van der Waals surface area contributed by atoms with Crippen molar-refractivity contribution in [3.63, 3.8) is 0 Å². The molecule has 20 heavy (non-hydrogen) atoms.